The molecular formula is C25H35N5O8S. The minimum atomic E-state index is -1.64. The van der Waals surface area contributed by atoms with Gasteiger partial charge in [0.1, 0.15) is 12.1 Å². The highest BCUT2D eigenvalue weighted by Crippen LogP contribution is 2.19. The Morgan fingerprint density at radius 2 is 1.62 bits per heavy atom. The van der Waals surface area contributed by atoms with E-state index in [0.29, 0.717) is 17.7 Å². The molecule has 214 valence electrons. The predicted octanol–water partition coefficient (Wildman–Crippen LogP) is -0.425. The fourth-order valence-electron chi connectivity index (χ4n) is 3.84. The maximum Gasteiger partial charge on any atom is 0.328 e. The second kappa shape index (κ2) is 15.1. The molecular weight excluding hydrogens is 530 g/mol. The number of aliphatic hydroxyl groups is 1. The van der Waals surface area contributed by atoms with Crippen molar-refractivity contribution < 1.29 is 39.3 Å². The van der Waals surface area contributed by atoms with Crippen molar-refractivity contribution in [2.24, 2.45) is 5.73 Å². The summed E-state index contributed by atoms with van der Waals surface area (Å²) < 4.78 is 0. The van der Waals surface area contributed by atoms with Crippen LogP contribution in [-0.2, 0) is 30.4 Å². The monoisotopic (exact) mass is 565 g/mol. The summed E-state index contributed by atoms with van der Waals surface area (Å²) in [7, 11) is 0. The first-order valence-electron chi connectivity index (χ1n) is 12.3. The molecule has 5 unspecified atom stereocenters. The van der Waals surface area contributed by atoms with Crippen molar-refractivity contribution in [2.45, 2.75) is 62.9 Å². The van der Waals surface area contributed by atoms with Gasteiger partial charge < -0.3 is 42.0 Å². The molecule has 5 atom stereocenters. The first-order chi connectivity index (χ1) is 18.4. The number of H-pyrrole nitrogens is 1. The van der Waals surface area contributed by atoms with Crippen molar-refractivity contribution in [3.8, 4) is 0 Å². The molecule has 0 saturated carbocycles. The number of carboxylic acids is 2. The molecule has 0 aliphatic rings. The molecule has 1 heterocycles. The Hall–Kier alpha value is -3.62. The number of nitrogens with two attached hydrogens (primary N) is 1. The van der Waals surface area contributed by atoms with Crippen LogP contribution in [0.5, 0.6) is 0 Å². The number of aromatic amines is 1. The minimum Gasteiger partial charge on any atom is -0.481 e. The van der Waals surface area contributed by atoms with Crippen LogP contribution < -0.4 is 21.7 Å². The summed E-state index contributed by atoms with van der Waals surface area (Å²) in [5.74, 6) is -4.44. The molecule has 0 saturated heterocycles. The van der Waals surface area contributed by atoms with Crippen molar-refractivity contribution in [1.29, 1.82) is 0 Å². The van der Waals surface area contributed by atoms with Crippen molar-refractivity contribution in [1.82, 2.24) is 20.9 Å². The Labute approximate surface area is 229 Å². The number of amides is 3. The van der Waals surface area contributed by atoms with Crippen LogP contribution >= 0.6 is 11.8 Å². The molecule has 14 heteroatoms. The normalized spacial score (nSPS) is 15.0. The first-order valence-corrected chi connectivity index (χ1v) is 13.7. The SMILES string of the molecule is CSCCC(N)C(=O)NC(CCC(=O)O)C(=O)NC(Cc1c[nH]c2ccccc12)C(=O)NC(C(=O)O)C(C)O. The van der Waals surface area contributed by atoms with Crippen LogP contribution in [0.2, 0.25) is 0 Å². The zero-order chi connectivity index (χ0) is 29.1. The number of hydrogen-bond acceptors (Lipinski definition) is 8. The summed E-state index contributed by atoms with van der Waals surface area (Å²) >= 11 is 1.49. The molecule has 0 aliphatic carbocycles. The van der Waals surface area contributed by atoms with Crippen LogP contribution in [-0.4, -0.2) is 92.2 Å². The number of hydrogen-bond donors (Lipinski definition) is 8. The van der Waals surface area contributed by atoms with E-state index in [0.717, 1.165) is 10.9 Å². The molecule has 13 nitrogen and oxygen atoms in total. The Morgan fingerprint density at radius 1 is 0.974 bits per heavy atom. The lowest BCUT2D eigenvalue weighted by Gasteiger charge is -2.25. The number of para-hydroxylation sites is 1. The highest BCUT2D eigenvalue weighted by atomic mass is 32.2. The lowest BCUT2D eigenvalue weighted by atomic mass is 10.0. The summed E-state index contributed by atoms with van der Waals surface area (Å²) in [6, 6.07) is 2.01. The van der Waals surface area contributed by atoms with Gasteiger partial charge in [0.15, 0.2) is 6.04 Å². The van der Waals surface area contributed by atoms with E-state index in [1.54, 1.807) is 18.3 Å². The van der Waals surface area contributed by atoms with Gasteiger partial charge in [-0.15, -0.1) is 0 Å². The smallest absolute Gasteiger partial charge is 0.328 e. The van der Waals surface area contributed by atoms with E-state index in [1.165, 1.54) is 18.7 Å². The number of carboxylic acid groups (broad SMARTS) is 2. The average Bonchev–Trinajstić information content (AvgIpc) is 3.29. The number of fused-ring (bicyclic) bond motifs is 1. The number of aliphatic carboxylic acids is 2. The third kappa shape index (κ3) is 9.57. The van der Waals surface area contributed by atoms with Gasteiger partial charge in [0.2, 0.25) is 17.7 Å². The molecule has 0 fully saturated rings. The van der Waals surface area contributed by atoms with E-state index in [1.807, 2.05) is 18.4 Å². The summed E-state index contributed by atoms with van der Waals surface area (Å²) in [5, 5.41) is 36.3. The molecule has 1 aromatic heterocycles. The molecule has 0 aliphatic heterocycles. The van der Waals surface area contributed by atoms with E-state index in [4.69, 9.17) is 10.8 Å². The molecule has 2 rings (SSSR count). The zero-order valence-corrected chi connectivity index (χ0v) is 22.5. The van der Waals surface area contributed by atoms with E-state index >= 15 is 0 Å². The molecule has 2 aromatic rings. The van der Waals surface area contributed by atoms with Crippen LogP contribution in [0.1, 0.15) is 31.7 Å². The van der Waals surface area contributed by atoms with Crippen molar-refractivity contribution >= 4 is 52.3 Å². The van der Waals surface area contributed by atoms with Gasteiger partial charge in [0.25, 0.3) is 0 Å². The van der Waals surface area contributed by atoms with Crippen molar-refractivity contribution in [3.63, 3.8) is 0 Å². The van der Waals surface area contributed by atoms with Gasteiger partial charge in [-0.3, -0.25) is 19.2 Å². The molecule has 0 bridgehead atoms. The minimum absolute atomic E-state index is 0.0689. The lowest BCUT2D eigenvalue weighted by Crippen LogP contribution is -2.58. The number of carbonyl (C=O) groups is 5. The van der Waals surface area contributed by atoms with Gasteiger partial charge in [0, 0.05) is 29.9 Å². The average molecular weight is 566 g/mol. The second-order valence-electron chi connectivity index (χ2n) is 9.07. The molecule has 39 heavy (non-hydrogen) atoms. The number of benzene rings is 1. The van der Waals surface area contributed by atoms with Gasteiger partial charge in [-0.05, 0) is 43.4 Å². The van der Waals surface area contributed by atoms with Gasteiger partial charge >= 0.3 is 11.9 Å². The summed E-state index contributed by atoms with van der Waals surface area (Å²) in [6.07, 6.45) is 1.62. The molecule has 0 spiro atoms. The van der Waals surface area contributed by atoms with Gasteiger partial charge in [-0.2, -0.15) is 11.8 Å². The molecule has 9 N–H and O–H groups in total. The number of aliphatic hydroxyl groups excluding tert-OH is 1. The van der Waals surface area contributed by atoms with Gasteiger partial charge in [0.05, 0.1) is 12.1 Å². The topological polar surface area (TPSA) is 224 Å². The third-order valence-corrected chi connectivity index (χ3v) is 6.67. The Morgan fingerprint density at radius 3 is 2.23 bits per heavy atom. The number of carbonyl (C=O) groups excluding carboxylic acids is 3. The Bertz CT molecular complexity index is 1170. The fraction of sp³-hybridized carbons (Fsp3) is 0.480. The van der Waals surface area contributed by atoms with Crippen LogP contribution in [0.25, 0.3) is 10.9 Å². The van der Waals surface area contributed by atoms with Gasteiger partial charge in [-0.25, -0.2) is 4.79 Å². The van der Waals surface area contributed by atoms with E-state index in [-0.39, 0.29) is 12.8 Å². The Kier molecular flexibility index (Phi) is 12.2. The van der Waals surface area contributed by atoms with Gasteiger partial charge in [-0.1, -0.05) is 18.2 Å². The maximum atomic E-state index is 13.3. The highest BCUT2D eigenvalue weighted by Gasteiger charge is 2.32. The van der Waals surface area contributed by atoms with E-state index in [2.05, 4.69) is 20.9 Å². The van der Waals surface area contributed by atoms with Crippen LogP contribution in [0.4, 0.5) is 0 Å². The Balaban J connectivity index is 2.32. The lowest BCUT2D eigenvalue weighted by molar-refractivity contribution is -0.145. The van der Waals surface area contributed by atoms with E-state index in [9.17, 15) is 34.2 Å². The number of aromatic nitrogens is 1. The largest absolute Gasteiger partial charge is 0.481 e. The molecule has 3 amide bonds. The molecule has 1 aromatic carbocycles. The maximum absolute atomic E-state index is 13.3. The third-order valence-electron chi connectivity index (χ3n) is 6.03. The number of rotatable bonds is 16. The quantitative estimate of drug-likeness (QED) is 0.131. The number of nitrogens with one attached hydrogen (secondary N) is 4. The summed E-state index contributed by atoms with van der Waals surface area (Å²) in [5.41, 5.74) is 7.30. The van der Waals surface area contributed by atoms with Crippen LogP contribution in [0.3, 0.4) is 0 Å². The zero-order valence-electron chi connectivity index (χ0n) is 21.7. The fourth-order valence-corrected chi connectivity index (χ4v) is 4.33. The summed E-state index contributed by atoms with van der Waals surface area (Å²) in [4.78, 5) is 64.8. The number of thioether (sulfide) groups is 1. The van der Waals surface area contributed by atoms with E-state index < -0.39 is 66.4 Å². The van der Waals surface area contributed by atoms with Crippen molar-refractivity contribution in [2.75, 3.05) is 12.0 Å². The highest BCUT2D eigenvalue weighted by molar-refractivity contribution is 7.98. The van der Waals surface area contributed by atoms with Crippen molar-refractivity contribution in [3.05, 3.63) is 36.0 Å². The standard InChI is InChI=1S/C25H35N5O8S/c1-13(31)21(25(37)38)30-24(36)19(11-14-12-27-17-6-4-3-5-15(14)17)29-23(35)18(7-8-20(32)33)28-22(34)16(26)9-10-39-2/h3-6,12-13,16,18-19,21,27,31H,7-11,26H2,1-2H3,(H,28,34)(H,29,35)(H,30,36)(H,32,33)(H,37,38). The predicted molar refractivity (Wildman–Crippen MR) is 145 cm³/mol. The second-order valence-corrected chi connectivity index (χ2v) is 10.1. The van der Waals surface area contributed by atoms with Crippen LogP contribution in [0.15, 0.2) is 30.5 Å². The van der Waals surface area contributed by atoms with Crippen LogP contribution in [0, 0.1) is 0 Å². The first kappa shape index (κ1) is 31.6. The summed E-state index contributed by atoms with van der Waals surface area (Å²) in [6.45, 7) is 1.20. The molecule has 0 radical (unpaired) electrons.